The summed E-state index contributed by atoms with van der Waals surface area (Å²) in [6, 6.07) is 0. The van der Waals surface area contributed by atoms with Gasteiger partial charge in [-0.05, 0) is 0 Å². The Kier molecular flexibility index (Phi) is 149. The molecule has 5 heteroatoms. The van der Waals surface area contributed by atoms with Crippen LogP contribution in [0.5, 0.6) is 0 Å². The molecular formula is O2Rb2Sr. The summed E-state index contributed by atoms with van der Waals surface area (Å²) in [5, 5.41) is 0. The van der Waals surface area contributed by atoms with Crippen molar-refractivity contribution in [1.29, 1.82) is 0 Å². The second-order valence-electron chi connectivity index (χ2n) is 0. The first-order valence-electron chi connectivity index (χ1n) is 0. The molecule has 0 aromatic rings. The van der Waals surface area contributed by atoms with Crippen LogP contribution in [0.15, 0.2) is 0 Å². The number of hydrogen-bond acceptors (Lipinski definition) is 0. The van der Waals surface area contributed by atoms with Gasteiger partial charge in [-0.2, -0.15) is 0 Å². The molecule has 0 atom stereocenters. The molecule has 0 aliphatic heterocycles. The van der Waals surface area contributed by atoms with E-state index in [1.807, 2.05) is 0 Å². The SMILES string of the molecule is [O-2].[O-2].[Rb+].[Rb+].[Sr+2]. The molecule has 5 heavy (non-hydrogen) atoms. The molecule has 2 nitrogen and oxygen atoms in total. The van der Waals surface area contributed by atoms with Crippen LogP contribution in [-0.2, 0) is 11.0 Å². The summed E-state index contributed by atoms with van der Waals surface area (Å²) in [5.41, 5.74) is 0. The topological polar surface area (TPSA) is 57.0 Å². The second kappa shape index (κ2) is 23.0. The molecule has 16 valence electrons. The van der Waals surface area contributed by atoms with Gasteiger partial charge in [-0.25, -0.2) is 0 Å². The fourth-order valence-corrected chi connectivity index (χ4v) is 0. The van der Waals surface area contributed by atoms with E-state index in [4.69, 9.17) is 0 Å². The molecule has 0 radical (unpaired) electrons. The molecule has 0 saturated heterocycles. The van der Waals surface area contributed by atoms with Crippen LogP contribution in [0.4, 0.5) is 0 Å². The summed E-state index contributed by atoms with van der Waals surface area (Å²) in [6.07, 6.45) is 0. The summed E-state index contributed by atoms with van der Waals surface area (Å²) in [6.45, 7) is 0. The standard InChI is InChI=1S/2O.2Rb.Sr/q2*-2;2*+1;+2. The predicted molar refractivity (Wildman–Crippen MR) is 7.13 cm³/mol. The largest absolute Gasteiger partial charge is 2.00 e. The van der Waals surface area contributed by atoms with Crippen molar-refractivity contribution in [2.45, 2.75) is 0 Å². The van der Waals surface area contributed by atoms with Crippen LogP contribution in [0.2, 0.25) is 0 Å². The molecule has 0 spiro atoms. The molecule has 0 saturated carbocycles. The second-order valence-corrected chi connectivity index (χ2v) is 0. The average molecular weight is 291 g/mol. The average Bonchev–Trinajstić information content (AvgIpc) is 0. The molecule has 0 rings (SSSR count). The van der Waals surface area contributed by atoms with Gasteiger partial charge in [0.1, 0.15) is 0 Å². The van der Waals surface area contributed by atoms with Gasteiger partial charge >= 0.3 is 162 Å². The van der Waals surface area contributed by atoms with Crippen molar-refractivity contribution in [3.05, 3.63) is 0 Å². The van der Waals surface area contributed by atoms with Crippen LogP contribution in [0.25, 0.3) is 0 Å². The fraction of sp³-hybridized carbons (Fsp3) is 0. The van der Waals surface area contributed by atoms with Crippen LogP contribution in [0.1, 0.15) is 0 Å². The van der Waals surface area contributed by atoms with Crippen molar-refractivity contribution in [1.82, 2.24) is 0 Å². The van der Waals surface area contributed by atoms with Gasteiger partial charge in [-0.15, -0.1) is 0 Å². The Hall–Kier alpha value is 5.01. The predicted octanol–water partition coefficient (Wildman–Crippen LogP) is -6.61. The molecule has 0 fully saturated rings. The molecule has 0 unspecified atom stereocenters. The van der Waals surface area contributed by atoms with Gasteiger partial charge in [0.2, 0.25) is 0 Å². The molecule has 0 amide bonds. The van der Waals surface area contributed by atoms with Gasteiger partial charge in [0.05, 0.1) is 0 Å². The quantitative estimate of drug-likeness (QED) is 0.399. The van der Waals surface area contributed by atoms with Crippen LogP contribution in [0.3, 0.4) is 0 Å². The third-order valence-corrected chi connectivity index (χ3v) is 0. The summed E-state index contributed by atoms with van der Waals surface area (Å²) in [7, 11) is 0. The van der Waals surface area contributed by atoms with Gasteiger partial charge in [-0.3, -0.25) is 0 Å². The summed E-state index contributed by atoms with van der Waals surface area (Å²) in [5.74, 6) is 0. The normalized spacial score (nSPS) is 0. The van der Waals surface area contributed by atoms with Crippen LogP contribution < -0.4 is 116 Å². The number of rotatable bonds is 0. The van der Waals surface area contributed by atoms with Gasteiger partial charge in [-0.1, -0.05) is 0 Å². The first-order chi connectivity index (χ1) is 0. The fourth-order valence-electron chi connectivity index (χ4n) is 0. The van der Waals surface area contributed by atoms with E-state index < -0.39 is 0 Å². The molecule has 0 heterocycles. The Balaban J connectivity index is 0. The van der Waals surface area contributed by atoms with Gasteiger partial charge in [0.25, 0.3) is 0 Å². The summed E-state index contributed by atoms with van der Waals surface area (Å²) >= 11 is 0. The maximum absolute atomic E-state index is 0. The maximum Gasteiger partial charge on any atom is 2.00 e. The van der Waals surface area contributed by atoms with Crippen molar-refractivity contribution in [2.24, 2.45) is 0 Å². The Labute approximate surface area is 166 Å². The third kappa shape index (κ3) is 17.6. The van der Waals surface area contributed by atoms with Crippen LogP contribution in [0, 0.1) is 0 Å². The zero-order valence-corrected chi connectivity index (χ0v) is 16.8. The monoisotopic (exact) mass is 290 g/mol. The molecule has 0 N–H and O–H groups in total. The van der Waals surface area contributed by atoms with E-state index in [2.05, 4.69) is 0 Å². The summed E-state index contributed by atoms with van der Waals surface area (Å²) in [4.78, 5) is 0. The molecule has 0 aromatic heterocycles. The minimum atomic E-state index is 0. The Morgan fingerprint density at radius 2 is 0.600 bits per heavy atom. The van der Waals surface area contributed by atoms with Crippen LogP contribution in [-0.4, -0.2) is 45.5 Å². The van der Waals surface area contributed by atoms with Gasteiger partial charge < -0.3 is 11.0 Å². The van der Waals surface area contributed by atoms with Crippen molar-refractivity contribution in [2.75, 3.05) is 0 Å². The Morgan fingerprint density at radius 3 is 0.600 bits per heavy atom. The Bertz CT molecular complexity index is 7.61. The zero-order valence-electron chi connectivity index (χ0n) is 3.52. The molecule has 0 aromatic carbocycles. The van der Waals surface area contributed by atoms with E-state index in [-0.39, 0.29) is 173 Å². The smallest absolute Gasteiger partial charge is 2.00 e. The van der Waals surface area contributed by atoms with E-state index in [0.717, 1.165) is 0 Å². The number of hydrogen-bond donors (Lipinski definition) is 0. The maximum atomic E-state index is 0. The van der Waals surface area contributed by atoms with E-state index in [1.54, 1.807) is 0 Å². The van der Waals surface area contributed by atoms with Crippen molar-refractivity contribution in [3.63, 3.8) is 0 Å². The first-order valence-corrected chi connectivity index (χ1v) is 0. The molecule has 0 bridgehead atoms. The van der Waals surface area contributed by atoms with E-state index in [9.17, 15) is 0 Å². The summed E-state index contributed by atoms with van der Waals surface area (Å²) < 4.78 is 0. The Morgan fingerprint density at radius 1 is 0.600 bits per heavy atom. The van der Waals surface area contributed by atoms with E-state index in [1.165, 1.54) is 0 Å². The zero-order chi connectivity index (χ0) is 0. The molecule has 0 aliphatic carbocycles. The molecule has 0 aliphatic rings. The first kappa shape index (κ1) is 32.4. The van der Waals surface area contributed by atoms with Crippen molar-refractivity contribution < 1.29 is 127 Å². The minimum Gasteiger partial charge on any atom is -2.00 e. The molecular weight excluding hydrogens is 291 g/mol. The van der Waals surface area contributed by atoms with E-state index >= 15 is 0 Å². The third-order valence-electron chi connectivity index (χ3n) is 0. The van der Waals surface area contributed by atoms with Crippen molar-refractivity contribution in [3.8, 4) is 0 Å². The van der Waals surface area contributed by atoms with Gasteiger partial charge in [0.15, 0.2) is 0 Å². The van der Waals surface area contributed by atoms with Gasteiger partial charge in [0, 0.05) is 0 Å². The van der Waals surface area contributed by atoms with Crippen molar-refractivity contribution >= 4 is 45.5 Å². The van der Waals surface area contributed by atoms with Crippen LogP contribution >= 0.6 is 0 Å². The minimum absolute atomic E-state index is 0. The van der Waals surface area contributed by atoms with E-state index in [0.29, 0.717) is 0 Å².